The molecule has 1 aliphatic heterocycles. The van der Waals surface area contributed by atoms with Crippen molar-refractivity contribution in [3.63, 3.8) is 0 Å². The molecule has 2 heterocycles. The third kappa shape index (κ3) is 3.67. The van der Waals surface area contributed by atoms with Gasteiger partial charge < -0.3 is 5.32 Å². The van der Waals surface area contributed by atoms with Crippen LogP contribution in [0.2, 0.25) is 0 Å². The maximum atomic E-state index is 12.6. The monoisotopic (exact) mass is 500 g/mol. The summed E-state index contributed by atoms with van der Waals surface area (Å²) >= 11 is 2.24. The molecule has 1 aromatic heterocycles. The zero-order valence-electron chi connectivity index (χ0n) is 15.6. The molecule has 29 heavy (non-hydrogen) atoms. The largest absolute Gasteiger partial charge is 0.334 e. The number of rotatable bonds is 2. The first-order valence-electron chi connectivity index (χ1n) is 9.00. The van der Waals surface area contributed by atoms with Gasteiger partial charge in [-0.1, -0.05) is 24.3 Å². The first kappa shape index (κ1) is 19.3. The van der Waals surface area contributed by atoms with Gasteiger partial charge in [-0.3, -0.25) is 14.7 Å². The topological polar surface area (TPSA) is 82.6 Å². The zero-order valence-corrected chi connectivity index (χ0v) is 17.7. The Morgan fingerprint density at radius 1 is 1.07 bits per heavy atom. The van der Waals surface area contributed by atoms with Crippen molar-refractivity contribution < 1.29 is 14.4 Å². The van der Waals surface area contributed by atoms with Gasteiger partial charge in [-0.15, -0.1) is 0 Å². The maximum absolute atomic E-state index is 12.6. The second-order valence-corrected chi connectivity index (χ2v) is 7.77. The standard InChI is InChI=1S/C21H17IN4O3/c1-13(27)25-10-11-26(21(25)29)20(28)24-15-6-7-18(22)17(12-15)19-16-5-3-2-4-14(16)8-9-23-19/h2-9,12H,10-11H2,1H3,(H,24,28). The smallest absolute Gasteiger partial charge is 0.307 e. The van der Waals surface area contributed by atoms with Crippen LogP contribution >= 0.6 is 22.6 Å². The minimum atomic E-state index is -0.601. The average molecular weight is 500 g/mol. The van der Waals surface area contributed by atoms with Crippen LogP contribution in [0, 0.1) is 3.57 Å². The molecule has 0 bridgehead atoms. The number of carbonyl (C=O) groups is 3. The molecular formula is C21H17IN4O3. The fourth-order valence-corrected chi connectivity index (χ4v) is 3.92. The Labute approximate surface area is 180 Å². The molecule has 5 amide bonds. The van der Waals surface area contributed by atoms with Gasteiger partial charge in [-0.2, -0.15) is 0 Å². The number of carbonyl (C=O) groups excluding carboxylic acids is 3. The van der Waals surface area contributed by atoms with Crippen LogP contribution in [0.3, 0.4) is 0 Å². The van der Waals surface area contributed by atoms with Crippen LogP contribution in [-0.2, 0) is 4.79 Å². The fraction of sp³-hybridized carbons (Fsp3) is 0.143. The minimum Gasteiger partial charge on any atom is -0.307 e. The summed E-state index contributed by atoms with van der Waals surface area (Å²) in [6, 6.07) is 14.3. The number of benzene rings is 2. The van der Waals surface area contributed by atoms with Crippen molar-refractivity contribution in [2.24, 2.45) is 0 Å². The van der Waals surface area contributed by atoms with E-state index in [1.54, 1.807) is 12.3 Å². The molecule has 146 valence electrons. The van der Waals surface area contributed by atoms with E-state index in [0.717, 1.165) is 35.4 Å². The predicted molar refractivity (Wildman–Crippen MR) is 118 cm³/mol. The summed E-state index contributed by atoms with van der Waals surface area (Å²) in [6.07, 6.45) is 1.76. The Balaban J connectivity index is 1.63. The highest BCUT2D eigenvalue weighted by Crippen LogP contribution is 2.32. The van der Waals surface area contributed by atoms with Crippen molar-refractivity contribution in [2.45, 2.75) is 6.92 Å². The molecule has 1 N–H and O–H groups in total. The third-order valence-electron chi connectivity index (χ3n) is 4.78. The van der Waals surface area contributed by atoms with Crippen molar-refractivity contribution in [3.8, 4) is 11.3 Å². The van der Waals surface area contributed by atoms with Gasteiger partial charge >= 0.3 is 12.1 Å². The van der Waals surface area contributed by atoms with Crippen LogP contribution in [0.4, 0.5) is 15.3 Å². The second kappa shape index (κ2) is 7.78. The SMILES string of the molecule is CC(=O)N1CCN(C(=O)Nc2ccc(I)c(-c3nccc4ccccc34)c2)C1=O. The molecule has 0 spiro atoms. The van der Waals surface area contributed by atoms with Crippen LogP contribution in [0.15, 0.2) is 54.7 Å². The summed E-state index contributed by atoms with van der Waals surface area (Å²) < 4.78 is 0.990. The molecule has 0 radical (unpaired) electrons. The third-order valence-corrected chi connectivity index (χ3v) is 5.72. The number of nitrogens with zero attached hydrogens (tertiary/aromatic N) is 3. The van der Waals surface area contributed by atoms with Crippen molar-refractivity contribution in [3.05, 3.63) is 58.3 Å². The number of halogens is 1. The number of anilines is 1. The molecule has 7 nitrogen and oxygen atoms in total. The highest BCUT2D eigenvalue weighted by molar-refractivity contribution is 14.1. The van der Waals surface area contributed by atoms with Crippen molar-refractivity contribution in [1.29, 1.82) is 0 Å². The molecule has 8 heteroatoms. The van der Waals surface area contributed by atoms with E-state index in [2.05, 4.69) is 32.9 Å². The lowest BCUT2D eigenvalue weighted by atomic mass is 10.0. The first-order chi connectivity index (χ1) is 14.0. The molecule has 0 aliphatic carbocycles. The summed E-state index contributed by atoms with van der Waals surface area (Å²) in [5, 5.41) is 4.85. The summed E-state index contributed by atoms with van der Waals surface area (Å²) in [7, 11) is 0. The first-order valence-corrected chi connectivity index (χ1v) is 10.1. The van der Waals surface area contributed by atoms with Crippen molar-refractivity contribution in [2.75, 3.05) is 18.4 Å². The van der Waals surface area contributed by atoms with Crippen molar-refractivity contribution in [1.82, 2.24) is 14.8 Å². The van der Waals surface area contributed by atoms with Crippen LogP contribution in [0.25, 0.3) is 22.0 Å². The van der Waals surface area contributed by atoms with Crippen LogP contribution in [-0.4, -0.2) is 45.8 Å². The summed E-state index contributed by atoms with van der Waals surface area (Å²) in [5.74, 6) is -0.371. The Hall–Kier alpha value is -3.01. The molecule has 1 fully saturated rings. The van der Waals surface area contributed by atoms with Gasteiger partial charge in [0, 0.05) is 39.9 Å². The number of imide groups is 2. The summed E-state index contributed by atoms with van der Waals surface area (Å²) in [6.45, 7) is 1.69. The number of amides is 5. The van der Waals surface area contributed by atoms with E-state index >= 15 is 0 Å². The molecule has 1 aliphatic rings. The number of pyridine rings is 1. The van der Waals surface area contributed by atoms with Crippen LogP contribution in [0.1, 0.15) is 6.92 Å². The summed E-state index contributed by atoms with van der Waals surface area (Å²) in [5.41, 5.74) is 2.26. The maximum Gasteiger partial charge on any atom is 0.334 e. The van der Waals surface area contributed by atoms with Gasteiger partial charge in [0.15, 0.2) is 0 Å². The van der Waals surface area contributed by atoms with E-state index in [0.29, 0.717) is 5.69 Å². The van der Waals surface area contributed by atoms with E-state index in [4.69, 9.17) is 0 Å². The Morgan fingerprint density at radius 3 is 2.59 bits per heavy atom. The Morgan fingerprint density at radius 2 is 1.83 bits per heavy atom. The van der Waals surface area contributed by atoms with Gasteiger partial charge in [0.2, 0.25) is 5.91 Å². The van der Waals surface area contributed by atoms with Crippen LogP contribution in [0.5, 0.6) is 0 Å². The quantitative estimate of drug-likeness (QED) is 0.532. The normalized spacial score (nSPS) is 13.8. The van der Waals surface area contributed by atoms with Gasteiger partial charge in [-0.25, -0.2) is 14.5 Å². The van der Waals surface area contributed by atoms with Crippen LogP contribution < -0.4 is 5.32 Å². The molecule has 4 rings (SSSR count). The number of hydrogen-bond donors (Lipinski definition) is 1. The lowest BCUT2D eigenvalue weighted by Gasteiger charge is -2.16. The lowest BCUT2D eigenvalue weighted by Crippen LogP contribution is -2.40. The summed E-state index contributed by atoms with van der Waals surface area (Å²) in [4.78, 5) is 42.9. The highest BCUT2D eigenvalue weighted by Gasteiger charge is 2.35. The minimum absolute atomic E-state index is 0.173. The van der Waals surface area contributed by atoms with E-state index in [-0.39, 0.29) is 19.0 Å². The van der Waals surface area contributed by atoms with Gasteiger partial charge in [0.05, 0.1) is 12.2 Å². The van der Waals surface area contributed by atoms with E-state index in [9.17, 15) is 14.4 Å². The van der Waals surface area contributed by atoms with E-state index < -0.39 is 12.1 Å². The Bertz CT molecular complexity index is 1140. The molecule has 2 aromatic carbocycles. The predicted octanol–water partition coefficient (Wildman–Crippen LogP) is 4.32. The lowest BCUT2D eigenvalue weighted by molar-refractivity contribution is -0.125. The van der Waals surface area contributed by atoms with E-state index in [1.165, 1.54) is 6.92 Å². The fourth-order valence-electron chi connectivity index (χ4n) is 3.33. The second-order valence-electron chi connectivity index (χ2n) is 6.61. The molecule has 0 saturated carbocycles. The average Bonchev–Trinajstić information content (AvgIpc) is 3.11. The number of fused-ring (bicyclic) bond motifs is 1. The van der Waals surface area contributed by atoms with Gasteiger partial charge in [0.1, 0.15) is 0 Å². The number of nitrogens with one attached hydrogen (secondary N) is 1. The molecule has 3 aromatic rings. The van der Waals surface area contributed by atoms with E-state index in [1.807, 2.05) is 42.5 Å². The molecule has 0 unspecified atom stereocenters. The number of urea groups is 2. The number of aromatic nitrogens is 1. The molecule has 0 atom stereocenters. The zero-order chi connectivity index (χ0) is 20.5. The number of hydrogen-bond acceptors (Lipinski definition) is 4. The van der Waals surface area contributed by atoms with Crippen molar-refractivity contribution >= 4 is 57.0 Å². The Kier molecular flexibility index (Phi) is 5.18. The van der Waals surface area contributed by atoms with Gasteiger partial charge in [0.25, 0.3) is 0 Å². The van der Waals surface area contributed by atoms with Gasteiger partial charge in [-0.05, 0) is 52.2 Å². The highest BCUT2D eigenvalue weighted by atomic mass is 127. The molecule has 1 saturated heterocycles. The molecular weight excluding hydrogens is 483 g/mol.